The van der Waals surface area contributed by atoms with Crippen LogP contribution < -0.4 is 20.1 Å². The lowest BCUT2D eigenvalue weighted by Gasteiger charge is -2.13. The first-order chi connectivity index (χ1) is 13.5. The number of hydrogen-bond acceptors (Lipinski definition) is 6. The summed E-state index contributed by atoms with van der Waals surface area (Å²) in [4.78, 5) is 21.5. The number of nitrogens with one attached hydrogen (secondary N) is 2. The van der Waals surface area contributed by atoms with Crippen molar-refractivity contribution in [2.45, 2.75) is 13.8 Å². The monoisotopic (exact) mass is 378 g/mol. The van der Waals surface area contributed by atoms with Crippen molar-refractivity contribution in [2.75, 3.05) is 24.9 Å². The standard InChI is InChI=1S/C21H22N4O3/c1-13-9-10-19(28-4)16(11-13)23-20(26)17-12-14(2)22-21(25-17)24-15-7-5-6-8-18(15)27-3/h5-12H,1-4H3,(H,23,26)(H,22,24,25). The lowest BCUT2D eigenvalue weighted by Crippen LogP contribution is -2.16. The fraction of sp³-hybridized carbons (Fsp3) is 0.190. The molecule has 0 radical (unpaired) electrons. The number of anilines is 3. The van der Waals surface area contributed by atoms with Crippen molar-refractivity contribution in [3.63, 3.8) is 0 Å². The van der Waals surface area contributed by atoms with Gasteiger partial charge in [-0.3, -0.25) is 4.79 Å². The zero-order chi connectivity index (χ0) is 20.1. The number of aromatic nitrogens is 2. The molecule has 2 N–H and O–H groups in total. The zero-order valence-corrected chi connectivity index (χ0v) is 16.2. The molecule has 28 heavy (non-hydrogen) atoms. The van der Waals surface area contributed by atoms with Gasteiger partial charge in [-0.2, -0.15) is 0 Å². The summed E-state index contributed by atoms with van der Waals surface area (Å²) in [6.45, 7) is 3.75. The molecule has 0 aliphatic carbocycles. The van der Waals surface area contributed by atoms with Crippen molar-refractivity contribution < 1.29 is 14.3 Å². The molecule has 0 bridgehead atoms. The number of carbonyl (C=O) groups is 1. The highest BCUT2D eigenvalue weighted by molar-refractivity contribution is 6.04. The topological polar surface area (TPSA) is 85.4 Å². The van der Waals surface area contributed by atoms with Crippen molar-refractivity contribution in [3.8, 4) is 11.5 Å². The van der Waals surface area contributed by atoms with E-state index in [1.165, 1.54) is 0 Å². The summed E-state index contributed by atoms with van der Waals surface area (Å²) in [6, 6.07) is 14.6. The lowest BCUT2D eigenvalue weighted by molar-refractivity contribution is 0.102. The van der Waals surface area contributed by atoms with Gasteiger partial charge in [0.05, 0.1) is 25.6 Å². The molecular weight excluding hydrogens is 356 g/mol. The highest BCUT2D eigenvalue weighted by atomic mass is 16.5. The van der Waals surface area contributed by atoms with Gasteiger partial charge in [0.2, 0.25) is 5.95 Å². The highest BCUT2D eigenvalue weighted by Crippen LogP contribution is 2.27. The van der Waals surface area contributed by atoms with Crippen LogP contribution >= 0.6 is 0 Å². The number of aryl methyl sites for hydroxylation is 2. The van der Waals surface area contributed by atoms with Crippen LogP contribution in [0.15, 0.2) is 48.5 Å². The second-order valence-electron chi connectivity index (χ2n) is 6.20. The Morgan fingerprint density at radius 1 is 0.893 bits per heavy atom. The summed E-state index contributed by atoms with van der Waals surface area (Å²) in [5.41, 5.74) is 3.21. The van der Waals surface area contributed by atoms with Gasteiger partial charge in [-0.1, -0.05) is 18.2 Å². The minimum Gasteiger partial charge on any atom is -0.495 e. The largest absolute Gasteiger partial charge is 0.495 e. The number of hydrogen-bond donors (Lipinski definition) is 2. The molecule has 0 atom stereocenters. The van der Waals surface area contributed by atoms with Gasteiger partial charge < -0.3 is 20.1 Å². The molecule has 2 aromatic carbocycles. The van der Waals surface area contributed by atoms with Gasteiger partial charge in [-0.25, -0.2) is 9.97 Å². The number of carbonyl (C=O) groups excluding carboxylic acids is 1. The van der Waals surface area contributed by atoms with Crippen molar-refractivity contribution >= 4 is 23.2 Å². The van der Waals surface area contributed by atoms with Crippen LogP contribution in [0.25, 0.3) is 0 Å². The molecule has 3 rings (SSSR count). The fourth-order valence-electron chi connectivity index (χ4n) is 2.71. The number of rotatable bonds is 6. The number of ether oxygens (including phenoxy) is 2. The van der Waals surface area contributed by atoms with E-state index in [-0.39, 0.29) is 11.6 Å². The second kappa shape index (κ2) is 8.39. The lowest BCUT2D eigenvalue weighted by atomic mass is 10.2. The summed E-state index contributed by atoms with van der Waals surface area (Å²) in [5, 5.41) is 5.96. The molecule has 0 spiro atoms. The first kappa shape index (κ1) is 19.2. The number of nitrogens with zero attached hydrogens (tertiary/aromatic N) is 2. The molecular formula is C21H22N4O3. The maximum Gasteiger partial charge on any atom is 0.274 e. The maximum absolute atomic E-state index is 12.8. The Bertz CT molecular complexity index is 1000. The van der Waals surface area contributed by atoms with Gasteiger partial charge in [0.25, 0.3) is 5.91 Å². The maximum atomic E-state index is 12.8. The zero-order valence-electron chi connectivity index (χ0n) is 16.2. The van der Waals surface area contributed by atoms with E-state index in [0.29, 0.717) is 34.5 Å². The van der Waals surface area contributed by atoms with E-state index in [4.69, 9.17) is 9.47 Å². The number of benzene rings is 2. The van der Waals surface area contributed by atoms with Crippen LogP contribution in [0.2, 0.25) is 0 Å². The first-order valence-corrected chi connectivity index (χ1v) is 8.72. The molecule has 0 saturated heterocycles. The predicted octanol–water partition coefficient (Wildman–Crippen LogP) is 4.11. The van der Waals surface area contributed by atoms with Gasteiger partial charge in [-0.05, 0) is 49.7 Å². The number of para-hydroxylation sites is 2. The molecule has 0 saturated carbocycles. The summed E-state index contributed by atoms with van der Waals surface area (Å²) in [5.74, 6) is 1.20. The van der Waals surface area contributed by atoms with Crippen molar-refractivity contribution in [1.82, 2.24) is 9.97 Å². The Morgan fingerprint density at radius 3 is 2.36 bits per heavy atom. The van der Waals surface area contributed by atoms with E-state index >= 15 is 0 Å². The van der Waals surface area contributed by atoms with Crippen LogP contribution in [-0.4, -0.2) is 30.1 Å². The predicted molar refractivity (Wildman–Crippen MR) is 109 cm³/mol. The van der Waals surface area contributed by atoms with E-state index in [0.717, 1.165) is 5.56 Å². The number of methoxy groups -OCH3 is 2. The summed E-state index contributed by atoms with van der Waals surface area (Å²) in [7, 11) is 3.15. The van der Waals surface area contributed by atoms with Crippen molar-refractivity contribution in [3.05, 3.63) is 65.5 Å². The van der Waals surface area contributed by atoms with Crippen LogP contribution in [0.1, 0.15) is 21.7 Å². The third-order valence-corrected chi connectivity index (χ3v) is 4.04. The molecule has 7 heteroatoms. The smallest absolute Gasteiger partial charge is 0.274 e. The third-order valence-electron chi connectivity index (χ3n) is 4.04. The van der Waals surface area contributed by atoms with Gasteiger partial charge in [-0.15, -0.1) is 0 Å². The molecule has 0 aliphatic rings. The van der Waals surface area contributed by atoms with Gasteiger partial charge >= 0.3 is 0 Å². The SMILES string of the molecule is COc1ccc(C)cc1NC(=O)c1cc(C)nc(Nc2ccccc2OC)n1. The second-order valence-corrected chi connectivity index (χ2v) is 6.20. The van der Waals surface area contributed by atoms with E-state index in [1.54, 1.807) is 27.2 Å². The fourth-order valence-corrected chi connectivity index (χ4v) is 2.71. The highest BCUT2D eigenvalue weighted by Gasteiger charge is 2.14. The Kier molecular flexibility index (Phi) is 5.74. The summed E-state index contributed by atoms with van der Waals surface area (Å²) >= 11 is 0. The molecule has 144 valence electrons. The Morgan fingerprint density at radius 2 is 1.61 bits per heavy atom. The molecule has 7 nitrogen and oxygen atoms in total. The molecule has 3 aromatic rings. The van der Waals surface area contributed by atoms with Crippen LogP contribution in [-0.2, 0) is 0 Å². The average Bonchev–Trinajstić information content (AvgIpc) is 2.68. The van der Waals surface area contributed by atoms with Crippen LogP contribution in [0.4, 0.5) is 17.3 Å². The van der Waals surface area contributed by atoms with Crippen LogP contribution in [0.3, 0.4) is 0 Å². The van der Waals surface area contributed by atoms with Gasteiger partial charge in [0.1, 0.15) is 17.2 Å². The van der Waals surface area contributed by atoms with E-state index in [1.807, 2.05) is 49.4 Å². The van der Waals surface area contributed by atoms with Crippen LogP contribution in [0.5, 0.6) is 11.5 Å². The minimum atomic E-state index is -0.350. The summed E-state index contributed by atoms with van der Waals surface area (Å²) in [6.07, 6.45) is 0. The molecule has 1 aromatic heterocycles. The normalized spacial score (nSPS) is 10.3. The Hall–Kier alpha value is -3.61. The Balaban J connectivity index is 1.87. The number of amides is 1. The Labute approximate surface area is 163 Å². The van der Waals surface area contributed by atoms with Crippen LogP contribution in [0, 0.1) is 13.8 Å². The summed E-state index contributed by atoms with van der Waals surface area (Å²) < 4.78 is 10.6. The van der Waals surface area contributed by atoms with E-state index in [2.05, 4.69) is 20.6 Å². The van der Waals surface area contributed by atoms with Gasteiger partial charge in [0.15, 0.2) is 0 Å². The van der Waals surface area contributed by atoms with E-state index < -0.39 is 0 Å². The molecule has 1 amide bonds. The minimum absolute atomic E-state index is 0.244. The molecule has 0 unspecified atom stereocenters. The van der Waals surface area contributed by atoms with Gasteiger partial charge in [0, 0.05) is 5.69 Å². The molecule has 1 heterocycles. The molecule has 0 fully saturated rings. The average molecular weight is 378 g/mol. The van der Waals surface area contributed by atoms with Crippen molar-refractivity contribution in [2.24, 2.45) is 0 Å². The quantitative estimate of drug-likeness (QED) is 0.671. The van der Waals surface area contributed by atoms with Crippen molar-refractivity contribution in [1.29, 1.82) is 0 Å². The van der Waals surface area contributed by atoms with E-state index in [9.17, 15) is 4.79 Å². The third kappa shape index (κ3) is 4.37. The molecule has 0 aliphatic heterocycles. The first-order valence-electron chi connectivity index (χ1n) is 8.72.